The Morgan fingerprint density at radius 1 is 1.55 bits per heavy atom. The van der Waals surface area contributed by atoms with E-state index in [2.05, 4.69) is 10.3 Å². The van der Waals surface area contributed by atoms with Gasteiger partial charge >= 0.3 is 0 Å². The van der Waals surface area contributed by atoms with Gasteiger partial charge in [0.15, 0.2) is 0 Å². The quantitative estimate of drug-likeness (QED) is 0.841. The van der Waals surface area contributed by atoms with Crippen LogP contribution in [0.1, 0.15) is 31.1 Å². The summed E-state index contributed by atoms with van der Waals surface area (Å²) in [6.07, 6.45) is 1.50. The average Bonchev–Trinajstić information content (AvgIpc) is 2.42. The van der Waals surface area contributed by atoms with Crippen LogP contribution in [0, 0.1) is 0 Å². The van der Waals surface area contributed by atoms with E-state index in [1.54, 1.807) is 18.1 Å². The van der Waals surface area contributed by atoms with Gasteiger partial charge in [-0.15, -0.1) is 0 Å². The van der Waals surface area contributed by atoms with E-state index in [9.17, 15) is 4.79 Å². The molecule has 0 fully saturated rings. The van der Waals surface area contributed by atoms with Gasteiger partial charge in [0.1, 0.15) is 5.82 Å². The zero-order chi connectivity index (χ0) is 15.1. The Kier molecular flexibility index (Phi) is 6.75. The van der Waals surface area contributed by atoms with E-state index < -0.39 is 0 Å². The van der Waals surface area contributed by atoms with E-state index in [0.29, 0.717) is 29.6 Å². The summed E-state index contributed by atoms with van der Waals surface area (Å²) < 4.78 is 5.11. The third-order valence-electron chi connectivity index (χ3n) is 2.99. The number of nitrogens with one attached hydrogen (secondary N) is 1. The first-order valence-electron chi connectivity index (χ1n) is 6.74. The van der Waals surface area contributed by atoms with Gasteiger partial charge in [0.25, 0.3) is 5.91 Å². The number of rotatable bonds is 7. The second-order valence-electron chi connectivity index (χ2n) is 4.48. The summed E-state index contributed by atoms with van der Waals surface area (Å²) in [6, 6.07) is 1.68. The van der Waals surface area contributed by atoms with E-state index in [1.165, 1.54) is 6.20 Å². The zero-order valence-corrected chi connectivity index (χ0v) is 13.2. The van der Waals surface area contributed by atoms with Crippen molar-refractivity contribution in [1.29, 1.82) is 0 Å². The average molecular weight is 300 g/mol. The molecule has 20 heavy (non-hydrogen) atoms. The van der Waals surface area contributed by atoms with Gasteiger partial charge < -0.3 is 15.0 Å². The first kappa shape index (κ1) is 16.7. The molecule has 1 rings (SSSR count). The number of anilines is 1. The number of aromatic nitrogens is 1. The van der Waals surface area contributed by atoms with Crippen molar-refractivity contribution in [3.63, 3.8) is 0 Å². The smallest absolute Gasteiger partial charge is 0.255 e. The molecule has 1 atom stereocenters. The summed E-state index contributed by atoms with van der Waals surface area (Å²) in [5, 5.41) is 3.44. The van der Waals surface area contributed by atoms with Crippen molar-refractivity contribution in [2.45, 2.75) is 26.8 Å². The van der Waals surface area contributed by atoms with Crippen molar-refractivity contribution in [2.75, 3.05) is 32.1 Å². The second kappa shape index (κ2) is 8.07. The molecule has 5 nitrogen and oxygen atoms in total. The monoisotopic (exact) mass is 299 g/mol. The van der Waals surface area contributed by atoms with Crippen LogP contribution in [0.25, 0.3) is 0 Å². The summed E-state index contributed by atoms with van der Waals surface area (Å²) in [5.41, 5.74) is 0.461. The molecule has 1 aromatic heterocycles. The first-order valence-corrected chi connectivity index (χ1v) is 7.12. The van der Waals surface area contributed by atoms with Crippen molar-refractivity contribution in [2.24, 2.45) is 0 Å². The van der Waals surface area contributed by atoms with E-state index >= 15 is 0 Å². The molecule has 0 saturated carbocycles. The number of likely N-dealkylation sites (N-methyl/N-ethyl adjacent to an activating group) is 1. The highest BCUT2D eigenvalue weighted by atomic mass is 35.5. The highest BCUT2D eigenvalue weighted by Gasteiger charge is 2.22. The van der Waals surface area contributed by atoms with Crippen LogP contribution in [-0.2, 0) is 4.74 Å². The molecule has 1 N–H and O–H groups in total. The largest absolute Gasteiger partial charge is 0.383 e. The molecule has 1 amide bonds. The number of carbonyl (C=O) groups excluding carboxylic acids is 1. The van der Waals surface area contributed by atoms with E-state index in [4.69, 9.17) is 16.3 Å². The Labute approximate surface area is 125 Å². The summed E-state index contributed by atoms with van der Waals surface area (Å²) in [7, 11) is 1.62. The van der Waals surface area contributed by atoms with Gasteiger partial charge in [-0.05, 0) is 26.8 Å². The molecule has 0 aromatic carbocycles. The summed E-state index contributed by atoms with van der Waals surface area (Å²) in [5.74, 6) is 0.541. The molecule has 112 valence electrons. The fourth-order valence-corrected chi connectivity index (χ4v) is 2.21. The van der Waals surface area contributed by atoms with Crippen LogP contribution in [0.2, 0.25) is 5.02 Å². The maximum Gasteiger partial charge on any atom is 0.255 e. The summed E-state index contributed by atoms with van der Waals surface area (Å²) in [4.78, 5) is 18.5. The molecular formula is C14H22ClN3O2. The lowest BCUT2D eigenvalue weighted by atomic mass is 10.2. The number of halogens is 1. The lowest BCUT2D eigenvalue weighted by Gasteiger charge is -2.28. The Balaban J connectivity index is 3.02. The van der Waals surface area contributed by atoms with Crippen LogP contribution in [-0.4, -0.2) is 48.6 Å². The van der Waals surface area contributed by atoms with Crippen LogP contribution in [0.3, 0.4) is 0 Å². The lowest BCUT2D eigenvalue weighted by molar-refractivity contribution is 0.0579. The third-order valence-corrected chi connectivity index (χ3v) is 3.29. The molecule has 0 radical (unpaired) electrons. The predicted octanol–water partition coefficient (Wildman–Crippen LogP) is 2.66. The van der Waals surface area contributed by atoms with Crippen LogP contribution in [0.5, 0.6) is 0 Å². The molecule has 1 heterocycles. The second-order valence-corrected chi connectivity index (χ2v) is 4.88. The topological polar surface area (TPSA) is 54.5 Å². The summed E-state index contributed by atoms with van der Waals surface area (Å²) in [6.45, 7) is 7.67. The van der Waals surface area contributed by atoms with E-state index in [0.717, 1.165) is 6.54 Å². The highest BCUT2D eigenvalue weighted by Crippen LogP contribution is 2.21. The van der Waals surface area contributed by atoms with Crippen molar-refractivity contribution < 1.29 is 9.53 Å². The number of methoxy groups -OCH3 is 1. The van der Waals surface area contributed by atoms with E-state index in [-0.39, 0.29) is 11.9 Å². The van der Waals surface area contributed by atoms with Crippen LogP contribution >= 0.6 is 11.6 Å². The van der Waals surface area contributed by atoms with Gasteiger partial charge in [-0.2, -0.15) is 0 Å². The minimum atomic E-state index is -0.108. The Morgan fingerprint density at radius 2 is 2.25 bits per heavy atom. The Hall–Kier alpha value is -1.33. The molecule has 0 bridgehead atoms. The fourth-order valence-electron chi connectivity index (χ4n) is 2.02. The predicted molar refractivity (Wildman–Crippen MR) is 81.5 cm³/mol. The fraction of sp³-hybridized carbons (Fsp3) is 0.571. The molecular weight excluding hydrogens is 278 g/mol. The molecule has 0 aliphatic carbocycles. The molecule has 0 spiro atoms. The number of hydrogen-bond donors (Lipinski definition) is 1. The Bertz CT molecular complexity index is 454. The molecule has 0 aliphatic rings. The van der Waals surface area contributed by atoms with Gasteiger partial charge in [0, 0.05) is 26.4 Å². The maximum atomic E-state index is 12.6. The number of carbonyl (C=O) groups is 1. The normalized spacial score (nSPS) is 12.1. The van der Waals surface area contributed by atoms with Crippen LogP contribution < -0.4 is 5.32 Å². The highest BCUT2D eigenvalue weighted by molar-refractivity contribution is 6.33. The van der Waals surface area contributed by atoms with E-state index in [1.807, 2.05) is 20.8 Å². The minimum absolute atomic E-state index is 0.00989. The number of nitrogens with zero attached hydrogens (tertiary/aromatic N) is 2. The minimum Gasteiger partial charge on any atom is -0.383 e. The zero-order valence-electron chi connectivity index (χ0n) is 12.4. The number of hydrogen-bond acceptors (Lipinski definition) is 4. The van der Waals surface area contributed by atoms with Gasteiger partial charge in [-0.3, -0.25) is 4.79 Å². The Morgan fingerprint density at radius 3 is 2.80 bits per heavy atom. The SMILES string of the molecule is CCNc1cc(C(=O)N(CC)C(C)COC)c(Cl)cn1. The standard InChI is InChI=1S/C14H22ClN3O2/c1-5-16-13-7-11(12(15)8-17-13)14(19)18(6-2)10(3)9-20-4/h7-8,10H,5-6,9H2,1-4H3,(H,16,17). The molecule has 6 heteroatoms. The lowest BCUT2D eigenvalue weighted by Crippen LogP contribution is -2.41. The first-order chi connectivity index (χ1) is 9.54. The van der Waals surface area contributed by atoms with Crippen molar-refractivity contribution in [3.05, 3.63) is 22.8 Å². The van der Waals surface area contributed by atoms with Gasteiger partial charge in [0.2, 0.25) is 0 Å². The molecule has 1 aromatic rings. The number of amides is 1. The van der Waals surface area contributed by atoms with Crippen molar-refractivity contribution in [3.8, 4) is 0 Å². The van der Waals surface area contributed by atoms with Crippen LogP contribution in [0.4, 0.5) is 5.82 Å². The number of pyridine rings is 1. The van der Waals surface area contributed by atoms with Crippen molar-refractivity contribution >= 4 is 23.3 Å². The van der Waals surface area contributed by atoms with Gasteiger partial charge in [-0.1, -0.05) is 11.6 Å². The number of ether oxygens (including phenoxy) is 1. The van der Waals surface area contributed by atoms with Crippen LogP contribution in [0.15, 0.2) is 12.3 Å². The molecule has 0 saturated heterocycles. The van der Waals surface area contributed by atoms with Gasteiger partial charge in [0.05, 0.1) is 23.2 Å². The van der Waals surface area contributed by atoms with Gasteiger partial charge in [-0.25, -0.2) is 4.98 Å². The third kappa shape index (κ3) is 4.08. The molecule has 0 aliphatic heterocycles. The maximum absolute atomic E-state index is 12.6. The summed E-state index contributed by atoms with van der Waals surface area (Å²) >= 11 is 6.11. The van der Waals surface area contributed by atoms with Crippen molar-refractivity contribution in [1.82, 2.24) is 9.88 Å². The molecule has 1 unspecified atom stereocenters.